The van der Waals surface area contributed by atoms with Crippen LogP contribution in [0.1, 0.15) is 0 Å². The lowest BCUT2D eigenvalue weighted by atomic mass is 10.00. The van der Waals surface area contributed by atoms with E-state index in [1.165, 1.54) is 53.0 Å². The van der Waals surface area contributed by atoms with Crippen LogP contribution in [0.3, 0.4) is 0 Å². The highest BCUT2D eigenvalue weighted by Gasteiger charge is 2.33. The molecule has 0 aromatic heterocycles. The Hall–Kier alpha value is -6.87. The molecule has 268 valence electrons. The SMILES string of the molecule is c1ccc(-c2ccc(-c3ccc(N(c4ccc(-c5ccccc5)cc4)c4ccc(S(c5ccccc5)(c5ccccc5)c5ccccc5)cc4)cc3)cc2)cc1. The predicted molar refractivity (Wildman–Crippen MR) is 237 cm³/mol. The molecular formula is C54H41NS. The zero-order valence-corrected chi connectivity index (χ0v) is 31.8. The molecular weight excluding hydrogens is 695 g/mol. The molecule has 0 radical (unpaired) electrons. The van der Waals surface area contributed by atoms with Crippen molar-refractivity contribution in [3.63, 3.8) is 0 Å². The molecule has 0 atom stereocenters. The third-order valence-corrected chi connectivity index (χ3v) is 14.3. The minimum Gasteiger partial charge on any atom is -0.311 e. The van der Waals surface area contributed by atoms with E-state index >= 15 is 0 Å². The van der Waals surface area contributed by atoms with Crippen LogP contribution < -0.4 is 4.90 Å². The van der Waals surface area contributed by atoms with E-state index in [4.69, 9.17) is 0 Å². The lowest BCUT2D eigenvalue weighted by Gasteiger charge is -2.42. The Morgan fingerprint density at radius 2 is 0.411 bits per heavy atom. The Kier molecular flexibility index (Phi) is 9.87. The van der Waals surface area contributed by atoms with Crippen molar-refractivity contribution in [1.29, 1.82) is 0 Å². The summed E-state index contributed by atoms with van der Waals surface area (Å²) in [7, 11) is -1.79. The molecule has 0 spiro atoms. The van der Waals surface area contributed by atoms with Gasteiger partial charge < -0.3 is 4.90 Å². The van der Waals surface area contributed by atoms with Gasteiger partial charge in [0.05, 0.1) is 0 Å². The largest absolute Gasteiger partial charge is 0.311 e. The first kappa shape index (κ1) is 34.9. The van der Waals surface area contributed by atoms with Crippen LogP contribution in [0.2, 0.25) is 0 Å². The highest BCUT2D eigenvalue weighted by molar-refractivity contribution is 8.34. The highest BCUT2D eigenvalue weighted by atomic mass is 32.3. The average molecular weight is 736 g/mol. The summed E-state index contributed by atoms with van der Waals surface area (Å²) < 4.78 is 0. The summed E-state index contributed by atoms with van der Waals surface area (Å²) in [6, 6.07) is 90.3. The van der Waals surface area contributed by atoms with Gasteiger partial charge in [0.2, 0.25) is 0 Å². The van der Waals surface area contributed by atoms with E-state index in [1.54, 1.807) is 0 Å². The molecule has 0 aliphatic heterocycles. The maximum atomic E-state index is 2.37. The number of anilines is 3. The Bertz CT molecular complexity index is 2510. The van der Waals surface area contributed by atoms with Gasteiger partial charge in [-0.05, 0) is 118 Å². The molecule has 0 heterocycles. The zero-order chi connectivity index (χ0) is 37.6. The second kappa shape index (κ2) is 15.8. The summed E-state index contributed by atoms with van der Waals surface area (Å²) in [5.74, 6) is 0. The fourth-order valence-electron chi connectivity index (χ4n) is 7.66. The summed E-state index contributed by atoms with van der Waals surface area (Å²) in [5, 5.41) is 0. The van der Waals surface area contributed by atoms with E-state index < -0.39 is 10.0 Å². The van der Waals surface area contributed by atoms with Gasteiger partial charge in [-0.25, -0.2) is 0 Å². The van der Waals surface area contributed by atoms with Crippen molar-refractivity contribution in [2.45, 2.75) is 19.6 Å². The van der Waals surface area contributed by atoms with E-state index in [2.05, 4.69) is 254 Å². The molecule has 0 saturated heterocycles. The molecule has 0 aliphatic rings. The number of benzene rings is 9. The monoisotopic (exact) mass is 735 g/mol. The van der Waals surface area contributed by atoms with Gasteiger partial charge in [-0.3, -0.25) is 0 Å². The van der Waals surface area contributed by atoms with E-state index in [9.17, 15) is 0 Å². The van der Waals surface area contributed by atoms with Gasteiger partial charge in [-0.1, -0.05) is 164 Å². The van der Waals surface area contributed by atoms with Crippen molar-refractivity contribution >= 4 is 27.1 Å². The number of rotatable bonds is 10. The van der Waals surface area contributed by atoms with Gasteiger partial charge >= 0.3 is 0 Å². The normalized spacial score (nSPS) is 11.5. The second-order valence-electron chi connectivity index (χ2n) is 13.8. The smallest absolute Gasteiger partial charge is 0.0462 e. The Balaban J connectivity index is 1.13. The molecule has 0 aliphatic carbocycles. The van der Waals surface area contributed by atoms with E-state index in [0.29, 0.717) is 0 Å². The van der Waals surface area contributed by atoms with Crippen LogP contribution in [-0.2, 0) is 0 Å². The zero-order valence-electron chi connectivity index (χ0n) is 31.0. The summed E-state index contributed by atoms with van der Waals surface area (Å²) in [5.41, 5.74) is 10.5. The molecule has 1 nitrogen and oxygen atoms in total. The standard InChI is InChI=1S/C54H41NS/c1-6-16-42(17-7-1)44-26-28-45(29-27-44)47-32-36-49(37-33-47)55(48-34-30-46(31-35-48)43-18-8-2-9-19-43)50-38-40-54(41-39-50)56(51-20-10-3-11-21-51,52-22-12-4-13-23-52)53-24-14-5-15-25-53/h1-41H. The van der Waals surface area contributed by atoms with Crippen LogP contribution >= 0.6 is 10.0 Å². The van der Waals surface area contributed by atoms with Crippen LogP contribution in [-0.4, -0.2) is 0 Å². The maximum absolute atomic E-state index is 2.37. The average Bonchev–Trinajstić information content (AvgIpc) is 3.29. The summed E-state index contributed by atoms with van der Waals surface area (Å²) in [4.78, 5) is 7.59. The van der Waals surface area contributed by atoms with Crippen molar-refractivity contribution < 1.29 is 0 Å². The molecule has 9 aromatic rings. The number of hydrogen-bond donors (Lipinski definition) is 0. The van der Waals surface area contributed by atoms with Crippen molar-refractivity contribution in [2.24, 2.45) is 0 Å². The van der Waals surface area contributed by atoms with Crippen molar-refractivity contribution in [3.05, 3.63) is 249 Å². The molecule has 0 amide bonds. The molecule has 9 rings (SSSR count). The summed E-state index contributed by atoms with van der Waals surface area (Å²) >= 11 is 0. The van der Waals surface area contributed by atoms with Gasteiger partial charge in [0.25, 0.3) is 0 Å². The number of nitrogens with zero attached hydrogens (tertiary/aromatic N) is 1. The van der Waals surface area contributed by atoms with Crippen LogP contribution in [0.15, 0.2) is 268 Å². The molecule has 0 bridgehead atoms. The highest BCUT2D eigenvalue weighted by Crippen LogP contribution is 2.73. The van der Waals surface area contributed by atoms with Gasteiger partial charge in [0.1, 0.15) is 0 Å². The second-order valence-corrected chi connectivity index (χ2v) is 16.9. The summed E-state index contributed by atoms with van der Waals surface area (Å²) in [6.45, 7) is 0. The van der Waals surface area contributed by atoms with Gasteiger partial charge in [-0.2, -0.15) is 0 Å². The Labute approximate surface area is 332 Å². The fourth-order valence-corrected chi connectivity index (χ4v) is 11.5. The van der Waals surface area contributed by atoms with Crippen LogP contribution in [0, 0.1) is 0 Å². The minimum absolute atomic E-state index is 1.10. The Morgan fingerprint density at radius 1 is 0.196 bits per heavy atom. The van der Waals surface area contributed by atoms with E-state index in [-0.39, 0.29) is 0 Å². The molecule has 2 heteroatoms. The maximum Gasteiger partial charge on any atom is 0.0462 e. The molecule has 0 unspecified atom stereocenters. The predicted octanol–water partition coefficient (Wildman–Crippen LogP) is 15.5. The van der Waals surface area contributed by atoms with Crippen molar-refractivity contribution in [3.8, 4) is 33.4 Å². The van der Waals surface area contributed by atoms with Crippen molar-refractivity contribution in [2.75, 3.05) is 4.90 Å². The number of hydrogen-bond acceptors (Lipinski definition) is 1. The fraction of sp³-hybridized carbons (Fsp3) is 0. The lowest BCUT2D eigenvalue weighted by molar-refractivity contribution is 1.22. The first-order chi connectivity index (χ1) is 27.8. The first-order valence-electron chi connectivity index (χ1n) is 19.1. The van der Waals surface area contributed by atoms with Gasteiger partial charge in [0, 0.05) is 36.6 Å². The van der Waals surface area contributed by atoms with Gasteiger partial charge in [-0.15, -0.1) is 10.0 Å². The van der Waals surface area contributed by atoms with E-state index in [0.717, 1.165) is 17.1 Å². The Morgan fingerprint density at radius 3 is 0.714 bits per heavy atom. The molecule has 56 heavy (non-hydrogen) atoms. The topological polar surface area (TPSA) is 3.24 Å². The quantitative estimate of drug-likeness (QED) is 0.135. The van der Waals surface area contributed by atoms with E-state index in [1.807, 2.05) is 0 Å². The third-order valence-electron chi connectivity index (χ3n) is 10.4. The molecule has 0 fully saturated rings. The lowest BCUT2D eigenvalue weighted by Crippen LogP contribution is -2.10. The minimum atomic E-state index is -1.79. The third kappa shape index (κ3) is 6.84. The van der Waals surface area contributed by atoms with Crippen LogP contribution in [0.5, 0.6) is 0 Å². The molecule has 0 saturated carbocycles. The first-order valence-corrected chi connectivity index (χ1v) is 20.7. The van der Waals surface area contributed by atoms with Crippen molar-refractivity contribution in [1.82, 2.24) is 0 Å². The van der Waals surface area contributed by atoms with Crippen LogP contribution in [0.25, 0.3) is 33.4 Å². The van der Waals surface area contributed by atoms with Crippen LogP contribution in [0.4, 0.5) is 17.1 Å². The summed E-state index contributed by atoms with van der Waals surface area (Å²) in [6.07, 6.45) is 0. The van der Waals surface area contributed by atoms with Gasteiger partial charge in [0.15, 0.2) is 0 Å². The molecule has 9 aromatic carbocycles. The molecule has 0 N–H and O–H groups in total.